The Morgan fingerprint density at radius 2 is 1.79 bits per heavy atom. The summed E-state index contributed by atoms with van der Waals surface area (Å²) >= 11 is 0. The van der Waals surface area contributed by atoms with E-state index in [1.807, 2.05) is 16.8 Å². The molecule has 2 heterocycles. The van der Waals surface area contributed by atoms with E-state index in [1.165, 1.54) is 23.3 Å². The van der Waals surface area contributed by atoms with Gasteiger partial charge in [-0.3, -0.25) is 4.90 Å². The molecule has 1 aromatic heterocycles. The largest absolute Gasteiger partial charge is 0.285 e. The number of hydrogen-bond acceptors (Lipinski definition) is 4. The molecule has 1 atom stereocenters. The van der Waals surface area contributed by atoms with Crippen LogP contribution in [0.15, 0.2) is 48.5 Å². The molecule has 2 aromatic carbocycles. The normalized spacial score (nSPS) is 16.0. The number of halogens is 1. The molecule has 6 heteroatoms. The molecule has 0 amide bonds. The number of rotatable bonds is 5. The van der Waals surface area contributed by atoms with Gasteiger partial charge in [0.25, 0.3) is 0 Å². The van der Waals surface area contributed by atoms with Crippen molar-refractivity contribution in [2.45, 2.75) is 51.7 Å². The highest BCUT2D eigenvalue weighted by atomic mass is 19.1. The predicted molar refractivity (Wildman–Crippen MR) is 106 cm³/mol. The van der Waals surface area contributed by atoms with Crippen molar-refractivity contribution in [3.63, 3.8) is 0 Å². The summed E-state index contributed by atoms with van der Waals surface area (Å²) in [5, 5.41) is 12.7. The van der Waals surface area contributed by atoms with Crippen molar-refractivity contribution in [3.05, 3.63) is 76.9 Å². The van der Waals surface area contributed by atoms with Gasteiger partial charge in [0, 0.05) is 13.1 Å². The number of benzene rings is 2. The van der Waals surface area contributed by atoms with Crippen LogP contribution >= 0.6 is 0 Å². The molecule has 0 saturated carbocycles. The van der Waals surface area contributed by atoms with Crippen LogP contribution in [0.1, 0.15) is 55.7 Å². The first-order chi connectivity index (χ1) is 13.5. The van der Waals surface area contributed by atoms with Crippen LogP contribution in [0, 0.1) is 5.82 Å². The van der Waals surface area contributed by atoms with Crippen LogP contribution in [0.4, 0.5) is 4.39 Å². The average molecular weight is 379 g/mol. The van der Waals surface area contributed by atoms with E-state index in [0.29, 0.717) is 0 Å². The molecule has 1 aliphatic rings. The molecule has 3 aromatic rings. The lowest BCUT2D eigenvalue weighted by Crippen LogP contribution is -2.38. The van der Waals surface area contributed by atoms with Crippen molar-refractivity contribution in [1.29, 1.82) is 0 Å². The number of tetrazole rings is 1. The Hall–Kier alpha value is -2.60. The fourth-order valence-corrected chi connectivity index (χ4v) is 3.85. The van der Waals surface area contributed by atoms with Gasteiger partial charge in [-0.05, 0) is 65.9 Å². The Kier molecular flexibility index (Phi) is 4.98. The quantitative estimate of drug-likeness (QED) is 0.669. The second-order valence-electron chi connectivity index (χ2n) is 8.06. The van der Waals surface area contributed by atoms with E-state index in [4.69, 9.17) is 0 Å². The van der Waals surface area contributed by atoms with E-state index in [2.05, 4.69) is 65.5 Å². The Morgan fingerprint density at radius 3 is 2.50 bits per heavy atom. The minimum atomic E-state index is -0.236. The standard InChI is InChI=1S/C22H26FN5/c1-4-22(2,3)28-21(24-25-26-28)20(17-9-11-19(23)12-10-17)27-14-13-16-7-5-6-8-18(16)15-27/h5-12,20H,4,13-15H2,1-3H3. The predicted octanol–water partition coefficient (Wildman–Crippen LogP) is 4.11. The molecule has 5 nitrogen and oxygen atoms in total. The number of hydrogen-bond donors (Lipinski definition) is 0. The molecule has 0 radical (unpaired) electrons. The summed E-state index contributed by atoms with van der Waals surface area (Å²) in [5.74, 6) is 0.567. The first kappa shape index (κ1) is 18.7. The van der Waals surface area contributed by atoms with Gasteiger partial charge in [0.1, 0.15) is 5.82 Å². The lowest BCUT2D eigenvalue weighted by molar-refractivity contribution is 0.181. The highest BCUT2D eigenvalue weighted by molar-refractivity contribution is 5.32. The maximum absolute atomic E-state index is 13.6. The minimum absolute atomic E-state index is 0.130. The third kappa shape index (κ3) is 3.44. The van der Waals surface area contributed by atoms with Crippen molar-refractivity contribution in [3.8, 4) is 0 Å². The molecule has 0 spiro atoms. The highest BCUT2D eigenvalue weighted by Gasteiger charge is 2.34. The first-order valence-electron chi connectivity index (χ1n) is 9.84. The van der Waals surface area contributed by atoms with Gasteiger partial charge in [-0.1, -0.05) is 43.3 Å². The fourth-order valence-electron chi connectivity index (χ4n) is 3.85. The van der Waals surface area contributed by atoms with Crippen LogP contribution in [-0.4, -0.2) is 31.7 Å². The van der Waals surface area contributed by atoms with Crippen molar-refractivity contribution < 1.29 is 4.39 Å². The van der Waals surface area contributed by atoms with Gasteiger partial charge in [-0.2, -0.15) is 0 Å². The minimum Gasteiger partial charge on any atom is -0.285 e. The first-order valence-corrected chi connectivity index (χ1v) is 9.84. The van der Waals surface area contributed by atoms with E-state index in [-0.39, 0.29) is 17.4 Å². The Balaban J connectivity index is 1.79. The van der Waals surface area contributed by atoms with Gasteiger partial charge in [0.05, 0.1) is 11.6 Å². The lowest BCUT2D eigenvalue weighted by Gasteiger charge is -2.36. The van der Waals surface area contributed by atoms with Gasteiger partial charge >= 0.3 is 0 Å². The van der Waals surface area contributed by atoms with E-state index >= 15 is 0 Å². The Morgan fingerprint density at radius 1 is 1.07 bits per heavy atom. The number of nitrogens with zero attached hydrogens (tertiary/aromatic N) is 5. The van der Waals surface area contributed by atoms with Crippen molar-refractivity contribution in [1.82, 2.24) is 25.1 Å². The third-order valence-electron chi connectivity index (χ3n) is 5.89. The number of fused-ring (bicyclic) bond motifs is 1. The zero-order valence-electron chi connectivity index (χ0n) is 16.6. The zero-order valence-corrected chi connectivity index (χ0v) is 16.6. The molecule has 1 aliphatic heterocycles. The summed E-state index contributed by atoms with van der Waals surface area (Å²) in [5.41, 5.74) is 3.52. The topological polar surface area (TPSA) is 46.8 Å². The average Bonchev–Trinajstić information content (AvgIpc) is 3.20. The van der Waals surface area contributed by atoms with Crippen LogP contribution < -0.4 is 0 Å². The summed E-state index contributed by atoms with van der Waals surface area (Å²) in [7, 11) is 0. The molecule has 0 saturated heterocycles. The van der Waals surface area contributed by atoms with Crippen LogP contribution in [0.2, 0.25) is 0 Å². The van der Waals surface area contributed by atoms with Crippen LogP contribution in [0.5, 0.6) is 0 Å². The zero-order chi connectivity index (χ0) is 19.7. The number of aromatic nitrogens is 4. The molecule has 0 aliphatic carbocycles. The second kappa shape index (κ2) is 7.43. The molecule has 0 N–H and O–H groups in total. The molecule has 146 valence electrons. The molecule has 0 bridgehead atoms. The molecular weight excluding hydrogens is 353 g/mol. The summed E-state index contributed by atoms with van der Waals surface area (Å²) in [6.45, 7) is 8.13. The summed E-state index contributed by atoms with van der Waals surface area (Å²) < 4.78 is 15.5. The van der Waals surface area contributed by atoms with Crippen LogP contribution in [0.25, 0.3) is 0 Å². The molecule has 1 unspecified atom stereocenters. The lowest BCUT2D eigenvalue weighted by atomic mass is 9.95. The molecule has 28 heavy (non-hydrogen) atoms. The van der Waals surface area contributed by atoms with E-state index in [1.54, 1.807) is 0 Å². The van der Waals surface area contributed by atoms with Gasteiger partial charge in [0.15, 0.2) is 5.82 Å². The smallest absolute Gasteiger partial charge is 0.173 e. The van der Waals surface area contributed by atoms with Gasteiger partial charge in [0.2, 0.25) is 0 Å². The van der Waals surface area contributed by atoms with Gasteiger partial charge in [-0.25, -0.2) is 9.07 Å². The van der Waals surface area contributed by atoms with Crippen LogP contribution in [-0.2, 0) is 18.5 Å². The van der Waals surface area contributed by atoms with E-state index in [0.717, 1.165) is 37.3 Å². The SMILES string of the molecule is CCC(C)(C)n1nnnc1C(c1ccc(F)cc1)N1CCc2ccccc2C1. The summed E-state index contributed by atoms with van der Waals surface area (Å²) in [6.07, 6.45) is 1.89. The maximum atomic E-state index is 13.6. The molecule has 0 fully saturated rings. The Labute approximate surface area is 165 Å². The van der Waals surface area contributed by atoms with Gasteiger partial charge < -0.3 is 0 Å². The van der Waals surface area contributed by atoms with Gasteiger partial charge in [-0.15, -0.1) is 5.10 Å². The Bertz CT molecular complexity index is 948. The van der Waals surface area contributed by atoms with E-state index < -0.39 is 0 Å². The summed E-state index contributed by atoms with van der Waals surface area (Å²) in [6, 6.07) is 15.1. The van der Waals surface area contributed by atoms with E-state index in [9.17, 15) is 4.39 Å². The molecule has 4 rings (SSSR count). The molecular formula is C22H26FN5. The van der Waals surface area contributed by atoms with Crippen molar-refractivity contribution in [2.75, 3.05) is 6.54 Å². The third-order valence-corrected chi connectivity index (χ3v) is 5.89. The monoisotopic (exact) mass is 379 g/mol. The highest BCUT2D eigenvalue weighted by Crippen LogP contribution is 2.34. The summed E-state index contributed by atoms with van der Waals surface area (Å²) in [4.78, 5) is 2.39. The van der Waals surface area contributed by atoms with Crippen molar-refractivity contribution in [2.24, 2.45) is 0 Å². The fraction of sp³-hybridized carbons (Fsp3) is 0.409. The second-order valence-corrected chi connectivity index (χ2v) is 8.06. The van der Waals surface area contributed by atoms with Crippen LogP contribution in [0.3, 0.4) is 0 Å². The van der Waals surface area contributed by atoms with Crippen molar-refractivity contribution >= 4 is 0 Å². The maximum Gasteiger partial charge on any atom is 0.173 e.